The molecule has 1 fully saturated rings. The van der Waals surface area contributed by atoms with Gasteiger partial charge in [-0.25, -0.2) is 0 Å². The van der Waals surface area contributed by atoms with Gasteiger partial charge in [0.2, 0.25) is 5.91 Å². The number of carbonyl (C=O) groups excluding carboxylic acids is 1. The Kier molecular flexibility index (Phi) is 5.75. The molecule has 0 saturated carbocycles. The van der Waals surface area contributed by atoms with E-state index in [4.69, 9.17) is 9.84 Å². The van der Waals surface area contributed by atoms with Gasteiger partial charge in [0.05, 0.1) is 12.0 Å². The molecule has 1 aliphatic heterocycles. The number of hydrogen-bond acceptors (Lipinski definition) is 4. The van der Waals surface area contributed by atoms with Gasteiger partial charge in [-0.15, -0.1) is 0 Å². The maximum Gasteiger partial charge on any atom is 0.323 e. The van der Waals surface area contributed by atoms with Crippen LogP contribution < -0.4 is 5.32 Å². The van der Waals surface area contributed by atoms with E-state index < -0.39 is 11.4 Å². The SMILES string of the molecule is COCC1(C(=O)N(CC(=O)O)C(C)C)CCNCC1. The van der Waals surface area contributed by atoms with Crippen molar-refractivity contribution in [3.8, 4) is 0 Å². The van der Waals surface area contributed by atoms with Crippen molar-refractivity contribution in [2.24, 2.45) is 5.41 Å². The van der Waals surface area contributed by atoms with E-state index >= 15 is 0 Å². The van der Waals surface area contributed by atoms with E-state index in [1.54, 1.807) is 7.11 Å². The summed E-state index contributed by atoms with van der Waals surface area (Å²) in [7, 11) is 1.58. The second-order valence-electron chi connectivity index (χ2n) is 5.38. The number of nitrogens with zero attached hydrogens (tertiary/aromatic N) is 1. The third kappa shape index (κ3) is 3.91. The Morgan fingerprint density at radius 2 is 1.95 bits per heavy atom. The molecule has 0 spiro atoms. The first-order valence-corrected chi connectivity index (χ1v) is 6.65. The molecule has 110 valence electrons. The lowest BCUT2D eigenvalue weighted by atomic mass is 9.78. The summed E-state index contributed by atoms with van der Waals surface area (Å²) >= 11 is 0. The monoisotopic (exact) mass is 272 g/mol. The summed E-state index contributed by atoms with van der Waals surface area (Å²) < 4.78 is 5.22. The zero-order chi connectivity index (χ0) is 14.5. The maximum atomic E-state index is 12.7. The lowest BCUT2D eigenvalue weighted by Gasteiger charge is -2.40. The molecule has 6 heteroatoms. The number of hydrogen-bond donors (Lipinski definition) is 2. The van der Waals surface area contributed by atoms with Gasteiger partial charge in [0.25, 0.3) is 0 Å². The van der Waals surface area contributed by atoms with Crippen LogP contribution in [0, 0.1) is 5.41 Å². The largest absolute Gasteiger partial charge is 0.480 e. The van der Waals surface area contributed by atoms with Gasteiger partial charge in [-0.05, 0) is 39.8 Å². The van der Waals surface area contributed by atoms with Crippen molar-refractivity contribution in [2.75, 3.05) is 33.4 Å². The molecule has 1 saturated heterocycles. The van der Waals surface area contributed by atoms with Crippen LogP contribution in [0.4, 0.5) is 0 Å². The molecule has 1 rings (SSSR count). The van der Waals surface area contributed by atoms with E-state index in [1.807, 2.05) is 13.8 Å². The predicted octanol–water partition coefficient (Wildman–Crippen LogP) is 0.324. The minimum atomic E-state index is -0.983. The van der Waals surface area contributed by atoms with Crippen molar-refractivity contribution in [1.82, 2.24) is 10.2 Å². The van der Waals surface area contributed by atoms with Gasteiger partial charge in [-0.3, -0.25) is 9.59 Å². The van der Waals surface area contributed by atoms with Crippen LogP contribution in [0.3, 0.4) is 0 Å². The summed E-state index contributed by atoms with van der Waals surface area (Å²) in [5.41, 5.74) is -0.584. The normalized spacial score (nSPS) is 18.3. The zero-order valence-corrected chi connectivity index (χ0v) is 11.9. The van der Waals surface area contributed by atoms with Crippen molar-refractivity contribution in [1.29, 1.82) is 0 Å². The lowest BCUT2D eigenvalue weighted by Crippen LogP contribution is -2.54. The molecule has 19 heavy (non-hydrogen) atoms. The topological polar surface area (TPSA) is 78.9 Å². The van der Waals surface area contributed by atoms with Crippen molar-refractivity contribution in [3.05, 3.63) is 0 Å². The number of piperidine rings is 1. The van der Waals surface area contributed by atoms with Crippen LogP contribution in [-0.2, 0) is 14.3 Å². The molecule has 1 amide bonds. The highest BCUT2D eigenvalue weighted by molar-refractivity contribution is 5.86. The third-order valence-electron chi connectivity index (χ3n) is 3.62. The second kappa shape index (κ2) is 6.86. The number of nitrogens with one attached hydrogen (secondary N) is 1. The van der Waals surface area contributed by atoms with E-state index in [2.05, 4.69) is 5.32 Å². The fourth-order valence-corrected chi connectivity index (χ4v) is 2.54. The summed E-state index contributed by atoms with van der Waals surface area (Å²) in [6.07, 6.45) is 1.37. The Morgan fingerprint density at radius 3 is 2.37 bits per heavy atom. The first-order chi connectivity index (χ1) is 8.93. The molecule has 2 N–H and O–H groups in total. The summed E-state index contributed by atoms with van der Waals surface area (Å²) in [6.45, 7) is 5.28. The first-order valence-electron chi connectivity index (χ1n) is 6.65. The van der Waals surface area contributed by atoms with Crippen LogP contribution in [0.25, 0.3) is 0 Å². The summed E-state index contributed by atoms with van der Waals surface area (Å²) in [4.78, 5) is 25.1. The smallest absolute Gasteiger partial charge is 0.323 e. The lowest BCUT2D eigenvalue weighted by molar-refractivity contribution is -0.155. The molecule has 6 nitrogen and oxygen atoms in total. The number of carboxylic acid groups (broad SMARTS) is 1. The highest BCUT2D eigenvalue weighted by atomic mass is 16.5. The van der Waals surface area contributed by atoms with Crippen molar-refractivity contribution >= 4 is 11.9 Å². The molecule has 0 aromatic heterocycles. The summed E-state index contributed by atoms with van der Waals surface area (Å²) in [5.74, 6) is -1.09. The van der Waals surface area contributed by atoms with E-state index in [-0.39, 0.29) is 18.5 Å². The molecule has 0 atom stereocenters. The van der Waals surface area contributed by atoms with E-state index in [0.717, 1.165) is 13.1 Å². The number of aliphatic carboxylic acids is 1. The van der Waals surface area contributed by atoms with Crippen molar-refractivity contribution < 1.29 is 19.4 Å². The number of rotatable bonds is 6. The molecule has 0 aliphatic carbocycles. The number of methoxy groups -OCH3 is 1. The highest BCUT2D eigenvalue weighted by Gasteiger charge is 2.43. The van der Waals surface area contributed by atoms with E-state index in [9.17, 15) is 9.59 Å². The zero-order valence-electron chi connectivity index (χ0n) is 11.9. The number of amides is 1. The van der Waals surface area contributed by atoms with Gasteiger partial charge in [-0.2, -0.15) is 0 Å². The van der Waals surface area contributed by atoms with Gasteiger partial charge >= 0.3 is 5.97 Å². The third-order valence-corrected chi connectivity index (χ3v) is 3.62. The van der Waals surface area contributed by atoms with Crippen LogP contribution >= 0.6 is 0 Å². The highest BCUT2D eigenvalue weighted by Crippen LogP contribution is 2.32. The molecule has 0 aromatic carbocycles. The van der Waals surface area contributed by atoms with Gasteiger partial charge in [-0.1, -0.05) is 0 Å². The van der Waals surface area contributed by atoms with Gasteiger partial charge < -0.3 is 20.1 Å². The number of carbonyl (C=O) groups is 2. The Labute approximate surface area is 114 Å². The van der Waals surface area contributed by atoms with Gasteiger partial charge in [0, 0.05) is 13.2 Å². The number of carboxylic acids is 1. The average Bonchev–Trinajstić information content (AvgIpc) is 2.36. The minimum absolute atomic E-state index is 0.103. The molecule has 1 aliphatic rings. The van der Waals surface area contributed by atoms with E-state index in [0.29, 0.717) is 19.4 Å². The Hall–Kier alpha value is -1.14. The Morgan fingerprint density at radius 1 is 1.37 bits per heavy atom. The van der Waals surface area contributed by atoms with E-state index in [1.165, 1.54) is 4.90 Å². The number of ether oxygens (including phenoxy) is 1. The maximum absolute atomic E-state index is 12.7. The molecular weight excluding hydrogens is 248 g/mol. The summed E-state index contributed by atoms with van der Waals surface area (Å²) in [6, 6.07) is -0.132. The Bertz CT molecular complexity index is 319. The molecular formula is C13H24N2O4. The standard InChI is InChI=1S/C13H24N2O4/c1-10(2)15(8-11(16)17)12(18)13(9-19-3)4-6-14-7-5-13/h10,14H,4-9H2,1-3H3,(H,16,17). The Balaban J connectivity index is 2.92. The molecule has 0 aromatic rings. The molecule has 0 bridgehead atoms. The van der Waals surface area contributed by atoms with Crippen LogP contribution in [0.2, 0.25) is 0 Å². The van der Waals surface area contributed by atoms with Crippen LogP contribution in [0.5, 0.6) is 0 Å². The van der Waals surface area contributed by atoms with Crippen LogP contribution in [-0.4, -0.2) is 61.3 Å². The average molecular weight is 272 g/mol. The predicted molar refractivity (Wildman–Crippen MR) is 70.9 cm³/mol. The molecule has 0 radical (unpaired) electrons. The summed E-state index contributed by atoms with van der Waals surface area (Å²) in [5, 5.41) is 12.2. The van der Waals surface area contributed by atoms with Crippen LogP contribution in [0.15, 0.2) is 0 Å². The molecule has 1 heterocycles. The fourth-order valence-electron chi connectivity index (χ4n) is 2.54. The fraction of sp³-hybridized carbons (Fsp3) is 0.846. The van der Waals surface area contributed by atoms with Crippen molar-refractivity contribution in [3.63, 3.8) is 0 Å². The van der Waals surface area contributed by atoms with Gasteiger partial charge in [0.1, 0.15) is 6.54 Å². The first kappa shape index (κ1) is 15.9. The molecule has 0 unspecified atom stereocenters. The quantitative estimate of drug-likeness (QED) is 0.728. The van der Waals surface area contributed by atoms with Crippen LogP contribution in [0.1, 0.15) is 26.7 Å². The second-order valence-corrected chi connectivity index (χ2v) is 5.38. The van der Waals surface area contributed by atoms with Crippen molar-refractivity contribution in [2.45, 2.75) is 32.7 Å². The van der Waals surface area contributed by atoms with Gasteiger partial charge in [0.15, 0.2) is 0 Å². The minimum Gasteiger partial charge on any atom is -0.480 e.